The van der Waals surface area contributed by atoms with Crippen LogP contribution in [0.1, 0.15) is 23.2 Å². The third-order valence-electron chi connectivity index (χ3n) is 3.65. The summed E-state index contributed by atoms with van der Waals surface area (Å²) in [6.07, 6.45) is 5.14. The lowest BCUT2D eigenvalue weighted by Crippen LogP contribution is -2.41. The molecule has 1 aromatic rings. The van der Waals surface area contributed by atoms with Gasteiger partial charge in [0.2, 0.25) is 0 Å². The summed E-state index contributed by atoms with van der Waals surface area (Å²) in [7, 11) is 1.39. The van der Waals surface area contributed by atoms with E-state index in [1.54, 1.807) is 42.5 Å². The Morgan fingerprint density at radius 1 is 1.35 bits per heavy atom. The number of benzene rings is 1. The molecule has 1 aliphatic rings. The van der Waals surface area contributed by atoms with Crippen LogP contribution in [0.5, 0.6) is 0 Å². The zero-order valence-electron chi connectivity index (χ0n) is 12.7. The van der Waals surface area contributed by atoms with Gasteiger partial charge in [-0.25, -0.2) is 4.79 Å². The number of ether oxygens (including phenoxy) is 1. The molecule has 1 aromatic carbocycles. The second-order valence-corrected chi connectivity index (χ2v) is 5.30. The van der Waals surface area contributed by atoms with E-state index in [0.29, 0.717) is 11.1 Å². The predicted molar refractivity (Wildman–Crippen MR) is 83.7 cm³/mol. The monoisotopic (exact) mass is 317 g/mol. The molecule has 2 unspecified atom stereocenters. The molecule has 1 aliphatic carbocycles. The molecule has 0 aromatic heterocycles. The Balaban J connectivity index is 2.02. The smallest absolute Gasteiger partial charge is 0.326 e. The molecule has 3 N–H and O–H groups in total. The van der Waals surface area contributed by atoms with Gasteiger partial charge < -0.3 is 20.3 Å². The maximum absolute atomic E-state index is 12.1. The Hall–Kier alpha value is -2.44. The molecule has 6 heteroatoms. The second-order valence-electron chi connectivity index (χ2n) is 5.30. The molecule has 0 saturated carbocycles. The molecule has 2 atom stereocenters. The van der Waals surface area contributed by atoms with E-state index in [1.165, 1.54) is 13.2 Å². The van der Waals surface area contributed by atoms with Crippen molar-refractivity contribution in [3.05, 3.63) is 59.7 Å². The van der Waals surface area contributed by atoms with Crippen LogP contribution in [0.15, 0.2) is 54.1 Å². The molecule has 2 rings (SSSR count). The van der Waals surface area contributed by atoms with Crippen molar-refractivity contribution in [3.63, 3.8) is 0 Å². The first-order chi connectivity index (χ1) is 10.9. The highest BCUT2D eigenvalue weighted by Crippen LogP contribution is 2.23. The Kier molecular flexibility index (Phi) is 5.31. The summed E-state index contributed by atoms with van der Waals surface area (Å²) < 4.78 is 4.94. The van der Waals surface area contributed by atoms with Crippen LogP contribution in [-0.4, -0.2) is 41.0 Å². The fourth-order valence-corrected chi connectivity index (χ4v) is 2.22. The quantitative estimate of drug-likeness (QED) is 0.691. The first kappa shape index (κ1) is 16.9. The first-order valence-corrected chi connectivity index (χ1v) is 7.18. The molecule has 0 saturated heterocycles. The summed E-state index contributed by atoms with van der Waals surface area (Å²) in [5.41, 5.74) is 1.12. The molecule has 0 heterocycles. The lowest BCUT2D eigenvalue weighted by Gasteiger charge is -2.25. The zero-order chi connectivity index (χ0) is 16.9. The van der Waals surface area contributed by atoms with E-state index >= 15 is 0 Å². The first-order valence-electron chi connectivity index (χ1n) is 7.18. The van der Waals surface area contributed by atoms with Crippen LogP contribution >= 0.6 is 0 Å². The molecule has 6 nitrogen and oxygen atoms in total. The number of aliphatic hydroxyl groups is 1. The molecule has 0 radical (unpaired) electrons. The number of carbonyl (C=O) groups excluding carboxylic acids is 1. The molecule has 122 valence electrons. The summed E-state index contributed by atoms with van der Waals surface area (Å²) in [6, 6.07) is 7.39. The van der Waals surface area contributed by atoms with Crippen LogP contribution < -0.4 is 5.32 Å². The fourth-order valence-electron chi connectivity index (χ4n) is 2.22. The van der Waals surface area contributed by atoms with E-state index in [4.69, 9.17) is 4.74 Å². The van der Waals surface area contributed by atoms with Gasteiger partial charge in [0.15, 0.2) is 5.79 Å². The van der Waals surface area contributed by atoms with Crippen LogP contribution in [0.4, 0.5) is 0 Å². The number of amides is 1. The lowest BCUT2D eigenvalue weighted by atomic mass is 9.96. The summed E-state index contributed by atoms with van der Waals surface area (Å²) in [4.78, 5) is 23.5. The number of rotatable bonds is 6. The van der Waals surface area contributed by atoms with Gasteiger partial charge in [0.25, 0.3) is 5.91 Å². The van der Waals surface area contributed by atoms with E-state index in [0.717, 1.165) is 0 Å². The largest absolute Gasteiger partial charge is 0.480 e. The highest BCUT2D eigenvalue weighted by molar-refractivity contribution is 5.96. The van der Waals surface area contributed by atoms with Gasteiger partial charge in [0.05, 0.1) is 0 Å². The number of carboxylic acids is 1. The van der Waals surface area contributed by atoms with Crippen LogP contribution in [0.2, 0.25) is 0 Å². The van der Waals surface area contributed by atoms with E-state index in [-0.39, 0.29) is 12.8 Å². The number of carbonyl (C=O) groups is 2. The van der Waals surface area contributed by atoms with E-state index in [1.807, 2.05) is 0 Å². The number of carboxylic acid groups (broad SMARTS) is 1. The van der Waals surface area contributed by atoms with Gasteiger partial charge in [-0.3, -0.25) is 4.79 Å². The average Bonchev–Trinajstić information content (AvgIpc) is 2.57. The molecule has 0 bridgehead atoms. The van der Waals surface area contributed by atoms with Crippen molar-refractivity contribution < 1.29 is 24.5 Å². The third kappa shape index (κ3) is 4.51. The number of nitrogens with one attached hydrogen (secondary N) is 1. The van der Waals surface area contributed by atoms with Gasteiger partial charge >= 0.3 is 5.97 Å². The van der Waals surface area contributed by atoms with Crippen LogP contribution in [0.3, 0.4) is 0 Å². The van der Waals surface area contributed by atoms with E-state index in [9.17, 15) is 19.8 Å². The van der Waals surface area contributed by atoms with E-state index < -0.39 is 23.7 Å². The lowest BCUT2D eigenvalue weighted by molar-refractivity contribution is -0.143. The fraction of sp³-hybridized carbons (Fsp3) is 0.294. The SMILES string of the molecule is COC1(O)C=CC(CC(NC(=O)c2ccccc2)C(=O)O)=CC1. The number of methoxy groups -OCH3 is 1. The Morgan fingerprint density at radius 2 is 2.04 bits per heavy atom. The highest BCUT2D eigenvalue weighted by atomic mass is 16.6. The van der Waals surface area contributed by atoms with E-state index in [2.05, 4.69) is 5.32 Å². The minimum Gasteiger partial charge on any atom is -0.480 e. The molecule has 0 fully saturated rings. The Morgan fingerprint density at radius 3 is 2.57 bits per heavy atom. The number of hydrogen-bond donors (Lipinski definition) is 3. The van der Waals surface area contributed by atoms with Crippen molar-refractivity contribution in [1.29, 1.82) is 0 Å². The summed E-state index contributed by atoms with van der Waals surface area (Å²) >= 11 is 0. The van der Waals surface area contributed by atoms with Crippen LogP contribution in [0.25, 0.3) is 0 Å². The summed E-state index contributed by atoms with van der Waals surface area (Å²) in [5.74, 6) is -2.90. The maximum Gasteiger partial charge on any atom is 0.326 e. The van der Waals surface area contributed by atoms with Gasteiger partial charge in [-0.05, 0) is 23.8 Å². The van der Waals surface area contributed by atoms with Gasteiger partial charge in [0, 0.05) is 25.5 Å². The van der Waals surface area contributed by atoms with Gasteiger partial charge in [-0.2, -0.15) is 0 Å². The number of allylic oxidation sites excluding steroid dienone is 1. The molecule has 0 spiro atoms. The molecule has 1 amide bonds. The third-order valence-corrected chi connectivity index (χ3v) is 3.65. The summed E-state index contributed by atoms with van der Waals surface area (Å²) in [6.45, 7) is 0. The summed E-state index contributed by atoms with van der Waals surface area (Å²) in [5, 5.41) is 21.7. The van der Waals surface area contributed by atoms with Crippen LogP contribution in [0, 0.1) is 0 Å². The zero-order valence-corrected chi connectivity index (χ0v) is 12.7. The minimum absolute atomic E-state index is 0.129. The van der Waals surface area contributed by atoms with Gasteiger partial charge in [-0.15, -0.1) is 0 Å². The molecular weight excluding hydrogens is 298 g/mol. The topological polar surface area (TPSA) is 95.9 Å². The van der Waals surface area contributed by atoms with Crippen molar-refractivity contribution >= 4 is 11.9 Å². The predicted octanol–water partition coefficient (Wildman–Crippen LogP) is 1.48. The average molecular weight is 317 g/mol. The van der Waals surface area contributed by atoms with Crippen molar-refractivity contribution in [2.24, 2.45) is 0 Å². The second kappa shape index (κ2) is 7.21. The van der Waals surface area contributed by atoms with Crippen molar-refractivity contribution in [2.75, 3.05) is 7.11 Å². The van der Waals surface area contributed by atoms with Crippen molar-refractivity contribution in [2.45, 2.75) is 24.7 Å². The van der Waals surface area contributed by atoms with Crippen LogP contribution in [-0.2, 0) is 9.53 Å². The standard InChI is InChI=1S/C17H19NO5/c1-23-17(22)9-7-12(8-10-17)11-14(16(20)21)18-15(19)13-5-3-2-4-6-13/h2-9,14,22H,10-11H2,1H3,(H,18,19)(H,20,21). The molecular formula is C17H19NO5. The van der Waals surface area contributed by atoms with Crippen molar-refractivity contribution in [3.8, 4) is 0 Å². The van der Waals surface area contributed by atoms with Gasteiger partial charge in [-0.1, -0.05) is 30.4 Å². The van der Waals surface area contributed by atoms with Crippen molar-refractivity contribution in [1.82, 2.24) is 5.32 Å². The Bertz CT molecular complexity index is 638. The molecule has 23 heavy (non-hydrogen) atoms. The Labute approximate surface area is 134 Å². The van der Waals surface area contributed by atoms with Gasteiger partial charge in [0.1, 0.15) is 6.04 Å². The minimum atomic E-state index is -1.35. The normalized spacial score (nSPS) is 21.4. The maximum atomic E-state index is 12.1. The highest BCUT2D eigenvalue weighted by Gasteiger charge is 2.27. The number of aliphatic carboxylic acids is 1. The molecule has 0 aliphatic heterocycles. The number of hydrogen-bond acceptors (Lipinski definition) is 4.